The molecule has 160 valence electrons. The molecule has 1 amide bonds. The van der Waals surface area contributed by atoms with Gasteiger partial charge in [0.15, 0.2) is 0 Å². The van der Waals surface area contributed by atoms with Gasteiger partial charge in [0.2, 0.25) is 0 Å². The maximum absolute atomic E-state index is 13.3. The summed E-state index contributed by atoms with van der Waals surface area (Å²) in [6, 6.07) is 22.0. The van der Waals surface area contributed by atoms with Crippen molar-refractivity contribution in [3.8, 4) is 5.75 Å². The summed E-state index contributed by atoms with van der Waals surface area (Å²) in [6.07, 6.45) is 2.89. The van der Waals surface area contributed by atoms with Crippen molar-refractivity contribution < 1.29 is 17.9 Å². The van der Waals surface area contributed by atoms with Crippen LogP contribution >= 0.6 is 0 Å². The van der Waals surface area contributed by atoms with Crippen molar-refractivity contribution in [2.75, 3.05) is 11.4 Å². The van der Waals surface area contributed by atoms with Crippen LogP contribution in [0.5, 0.6) is 5.75 Å². The Morgan fingerprint density at radius 1 is 0.903 bits per heavy atom. The number of sulfonamides is 1. The fourth-order valence-electron chi connectivity index (χ4n) is 3.03. The van der Waals surface area contributed by atoms with Crippen LogP contribution in [0.25, 0.3) is 6.08 Å². The fraction of sp³-hybridized carbons (Fsp3) is 0.160. The molecule has 0 atom stereocenters. The summed E-state index contributed by atoms with van der Waals surface area (Å²) in [5.41, 5.74) is 2.23. The van der Waals surface area contributed by atoms with E-state index in [0.29, 0.717) is 11.7 Å². The third-order valence-corrected chi connectivity index (χ3v) is 6.55. The van der Waals surface area contributed by atoms with E-state index in [0.717, 1.165) is 9.87 Å². The average Bonchev–Trinajstić information content (AvgIpc) is 2.79. The Balaban J connectivity index is 1.98. The van der Waals surface area contributed by atoms with Gasteiger partial charge in [0.05, 0.1) is 17.7 Å². The van der Waals surface area contributed by atoms with Crippen LogP contribution in [-0.4, -0.2) is 21.4 Å². The Labute approximate surface area is 183 Å². The number of carbonyl (C=O) groups excluding carboxylic acids is 1. The van der Waals surface area contributed by atoms with Crippen LogP contribution in [0.1, 0.15) is 30.9 Å². The van der Waals surface area contributed by atoms with Crippen molar-refractivity contribution in [3.63, 3.8) is 0 Å². The second-order valence-electron chi connectivity index (χ2n) is 7.27. The number of ether oxygens (including phenoxy) is 1. The SMILES string of the molecule is COc1ccc(N(C(=O)/C=C/c2ccc(C(C)C)cc2)S(=O)(=O)c2ccccc2)cc1. The van der Waals surface area contributed by atoms with Crippen molar-refractivity contribution in [2.45, 2.75) is 24.7 Å². The molecule has 0 spiro atoms. The standard InChI is InChI=1S/C25H25NO4S/c1-19(2)21-12-9-20(10-13-21)11-18-25(27)26(22-14-16-23(30-3)17-15-22)31(28,29)24-7-5-4-6-8-24/h4-19H,1-3H3/b18-11+. The predicted molar refractivity (Wildman–Crippen MR) is 124 cm³/mol. The number of amides is 1. The Morgan fingerprint density at radius 2 is 1.52 bits per heavy atom. The molecular weight excluding hydrogens is 410 g/mol. The molecule has 0 aliphatic rings. The lowest BCUT2D eigenvalue weighted by atomic mass is 10.0. The number of rotatable bonds is 7. The lowest BCUT2D eigenvalue weighted by Crippen LogP contribution is -2.35. The average molecular weight is 436 g/mol. The molecule has 0 unspecified atom stereocenters. The smallest absolute Gasteiger partial charge is 0.271 e. The summed E-state index contributed by atoms with van der Waals surface area (Å²) < 4.78 is 32.6. The lowest BCUT2D eigenvalue weighted by Gasteiger charge is -2.21. The zero-order valence-electron chi connectivity index (χ0n) is 17.7. The molecule has 0 saturated carbocycles. The molecule has 0 aliphatic carbocycles. The molecule has 0 aliphatic heterocycles. The quantitative estimate of drug-likeness (QED) is 0.475. The summed E-state index contributed by atoms with van der Waals surface area (Å²) in [5.74, 6) is 0.303. The van der Waals surface area contributed by atoms with Gasteiger partial charge >= 0.3 is 0 Å². The zero-order valence-corrected chi connectivity index (χ0v) is 18.5. The number of carbonyl (C=O) groups is 1. The molecule has 6 heteroatoms. The second kappa shape index (κ2) is 9.62. The summed E-state index contributed by atoms with van der Waals surface area (Å²) >= 11 is 0. The van der Waals surface area contributed by atoms with Gasteiger partial charge in [0.1, 0.15) is 5.75 Å². The van der Waals surface area contributed by atoms with Gasteiger partial charge < -0.3 is 4.74 Å². The Hall–Kier alpha value is -3.38. The van der Waals surface area contributed by atoms with E-state index >= 15 is 0 Å². The molecule has 0 saturated heterocycles. The first-order chi connectivity index (χ1) is 14.8. The molecular formula is C25H25NO4S. The molecule has 0 N–H and O–H groups in total. The van der Waals surface area contributed by atoms with Crippen molar-refractivity contribution in [1.29, 1.82) is 0 Å². The van der Waals surface area contributed by atoms with E-state index in [2.05, 4.69) is 13.8 Å². The van der Waals surface area contributed by atoms with Crippen LogP contribution in [0.3, 0.4) is 0 Å². The number of hydrogen-bond acceptors (Lipinski definition) is 4. The van der Waals surface area contributed by atoms with Crippen molar-refractivity contribution >= 4 is 27.7 Å². The van der Waals surface area contributed by atoms with Gasteiger partial charge in [-0.3, -0.25) is 4.79 Å². The van der Waals surface area contributed by atoms with Crippen LogP contribution in [-0.2, 0) is 14.8 Å². The van der Waals surface area contributed by atoms with Gasteiger partial charge in [0, 0.05) is 6.08 Å². The molecule has 0 aromatic heterocycles. The zero-order chi connectivity index (χ0) is 22.4. The summed E-state index contributed by atoms with van der Waals surface area (Å²) in [4.78, 5) is 13.1. The van der Waals surface area contributed by atoms with E-state index in [1.165, 1.54) is 30.9 Å². The van der Waals surface area contributed by atoms with Crippen LogP contribution in [0.2, 0.25) is 0 Å². The maximum Gasteiger partial charge on any atom is 0.271 e. The lowest BCUT2D eigenvalue weighted by molar-refractivity contribution is -0.113. The normalized spacial score (nSPS) is 11.6. The molecule has 0 heterocycles. The Kier molecular flexibility index (Phi) is 6.92. The monoisotopic (exact) mass is 435 g/mol. The molecule has 0 bridgehead atoms. The molecule has 3 aromatic rings. The van der Waals surface area contributed by atoms with Crippen molar-refractivity contribution in [3.05, 3.63) is 96.1 Å². The van der Waals surface area contributed by atoms with Crippen LogP contribution in [0.4, 0.5) is 5.69 Å². The van der Waals surface area contributed by atoms with Gasteiger partial charge in [-0.25, -0.2) is 8.42 Å². The van der Waals surface area contributed by atoms with Gasteiger partial charge in [-0.15, -0.1) is 0 Å². The van der Waals surface area contributed by atoms with Gasteiger partial charge in [-0.2, -0.15) is 4.31 Å². The summed E-state index contributed by atoms with van der Waals surface area (Å²) in [6.45, 7) is 4.21. The summed E-state index contributed by atoms with van der Waals surface area (Å²) in [7, 11) is -2.58. The topological polar surface area (TPSA) is 63.7 Å². The van der Waals surface area contributed by atoms with Gasteiger partial charge in [-0.1, -0.05) is 56.3 Å². The molecule has 5 nitrogen and oxygen atoms in total. The third-order valence-electron chi connectivity index (χ3n) is 4.81. The van der Waals surface area contributed by atoms with Crippen LogP contribution < -0.4 is 9.04 Å². The number of nitrogens with zero attached hydrogens (tertiary/aromatic N) is 1. The third kappa shape index (κ3) is 5.22. The van der Waals surface area contributed by atoms with E-state index in [4.69, 9.17) is 4.74 Å². The molecule has 3 aromatic carbocycles. The van der Waals surface area contributed by atoms with Gasteiger partial charge in [-0.05, 0) is 59.5 Å². The van der Waals surface area contributed by atoms with E-state index in [1.54, 1.807) is 48.5 Å². The highest BCUT2D eigenvalue weighted by Crippen LogP contribution is 2.26. The van der Waals surface area contributed by atoms with E-state index in [1.807, 2.05) is 24.3 Å². The fourth-order valence-corrected chi connectivity index (χ4v) is 4.44. The molecule has 3 rings (SSSR count). The number of anilines is 1. The Morgan fingerprint density at radius 3 is 2.06 bits per heavy atom. The van der Waals surface area contributed by atoms with Crippen LogP contribution in [0, 0.1) is 0 Å². The van der Waals surface area contributed by atoms with Gasteiger partial charge in [0.25, 0.3) is 15.9 Å². The highest BCUT2D eigenvalue weighted by atomic mass is 32.2. The number of methoxy groups -OCH3 is 1. The number of benzene rings is 3. The Bertz CT molecular complexity index is 1150. The second-order valence-corrected chi connectivity index (χ2v) is 9.06. The van der Waals surface area contributed by atoms with E-state index in [-0.39, 0.29) is 10.6 Å². The molecule has 31 heavy (non-hydrogen) atoms. The predicted octanol–water partition coefficient (Wildman–Crippen LogP) is 5.25. The van der Waals surface area contributed by atoms with E-state index in [9.17, 15) is 13.2 Å². The largest absolute Gasteiger partial charge is 0.497 e. The first-order valence-electron chi connectivity index (χ1n) is 9.89. The first kappa shape index (κ1) is 22.3. The maximum atomic E-state index is 13.3. The van der Waals surface area contributed by atoms with E-state index < -0.39 is 15.9 Å². The first-order valence-corrected chi connectivity index (χ1v) is 11.3. The minimum absolute atomic E-state index is 0.0360. The van der Waals surface area contributed by atoms with Crippen LogP contribution in [0.15, 0.2) is 89.8 Å². The number of hydrogen-bond donors (Lipinski definition) is 0. The molecule has 0 fully saturated rings. The summed E-state index contributed by atoms with van der Waals surface area (Å²) in [5, 5.41) is 0. The highest BCUT2D eigenvalue weighted by Gasteiger charge is 2.29. The van der Waals surface area contributed by atoms with Crippen molar-refractivity contribution in [1.82, 2.24) is 0 Å². The van der Waals surface area contributed by atoms with Crippen molar-refractivity contribution in [2.24, 2.45) is 0 Å². The minimum Gasteiger partial charge on any atom is -0.497 e. The highest BCUT2D eigenvalue weighted by molar-refractivity contribution is 7.93. The molecule has 0 radical (unpaired) electrons. The minimum atomic E-state index is -4.10.